The molecule has 0 saturated carbocycles. The SMILES string of the molecule is COc1ccc(CCNC(=O)c2cc(Nc3cccc(Cl)c3C)ncn2)cc1. The summed E-state index contributed by atoms with van der Waals surface area (Å²) in [5.74, 6) is 1.09. The predicted molar refractivity (Wildman–Crippen MR) is 111 cm³/mol. The second-order valence-electron chi connectivity index (χ2n) is 6.18. The topological polar surface area (TPSA) is 76.1 Å². The van der Waals surface area contributed by atoms with E-state index >= 15 is 0 Å². The van der Waals surface area contributed by atoms with E-state index in [2.05, 4.69) is 20.6 Å². The molecule has 0 spiro atoms. The average molecular weight is 397 g/mol. The van der Waals surface area contributed by atoms with Crippen LogP contribution in [0.2, 0.25) is 5.02 Å². The zero-order valence-electron chi connectivity index (χ0n) is 15.7. The van der Waals surface area contributed by atoms with Crippen molar-refractivity contribution in [3.8, 4) is 5.75 Å². The van der Waals surface area contributed by atoms with E-state index in [4.69, 9.17) is 16.3 Å². The Bertz CT molecular complexity index is 961. The number of benzene rings is 2. The third-order valence-electron chi connectivity index (χ3n) is 4.29. The lowest BCUT2D eigenvalue weighted by molar-refractivity contribution is 0.0949. The number of hydrogen-bond acceptors (Lipinski definition) is 5. The first-order valence-corrected chi connectivity index (χ1v) is 9.20. The summed E-state index contributed by atoms with van der Waals surface area (Å²) in [5, 5.41) is 6.71. The number of amides is 1. The molecule has 0 aliphatic carbocycles. The maximum atomic E-state index is 12.4. The maximum absolute atomic E-state index is 12.4. The van der Waals surface area contributed by atoms with Crippen LogP contribution in [0.1, 0.15) is 21.6 Å². The van der Waals surface area contributed by atoms with Crippen molar-refractivity contribution in [1.82, 2.24) is 15.3 Å². The molecular weight excluding hydrogens is 376 g/mol. The highest BCUT2D eigenvalue weighted by molar-refractivity contribution is 6.31. The summed E-state index contributed by atoms with van der Waals surface area (Å²) in [6.07, 6.45) is 2.08. The van der Waals surface area contributed by atoms with Crippen LogP contribution in [-0.4, -0.2) is 29.5 Å². The minimum absolute atomic E-state index is 0.248. The van der Waals surface area contributed by atoms with Crippen LogP contribution in [-0.2, 0) is 6.42 Å². The lowest BCUT2D eigenvalue weighted by Gasteiger charge is -2.11. The highest BCUT2D eigenvalue weighted by atomic mass is 35.5. The van der Waals surface area contributed by atoms with Gasteiger partial charge in [-0.1, -0.05) is 29.8 Å². The molecule has 144 valence electrons. The van der Waals surface area contributed by atoms with Crippen molar-refractivity contribution in [3.05, 3.63) is 76.7 Å². The number of rotatable bonds is 7. The minimum atomic E-state index is -0.248. The van der Waals surface area contributed by atoms with Gasteiger partial charge < -0.3 is 15.4 Å². The van der Waals surface area contributed by atoms with E-state index in [1.165, 1.54) is 6.33 Å². The lowest BCUT2D eigenvalue weighted by Crippen LogP contribution is -2.26. The van der Waals surface area contributed by atoms with Gasteiger partial charge in [-0.2, -0.15) is 0 Å². The summed E-state index contributed by atoms with van der Waals surface area (Å²) in [6.45, 7) is 2.42. The molecule has 7 heteroatoms. The van der Waals surface area contributed by atoms with E-state index in [9.17, 15) is 4.79 Å². The van der Waals surface area contributed by atoms with Gasteiger partial charge in [0.15, 0.2) is 0 Å². The van der Waals surface area contributed by atoms with Crippen molar-refractivity contribution in [1.29, 1.82) is 0 Å². The summed E-state index contributed by atoms with van der Waals surface area (Å²) in [5.41, 5.74) is 3.15. The molecule has 3 aromatic rings. The molecule has 0 fully saturated rings. The summed E-state index contributed by atoms with van der Waals surface area (Å²) in [6, 6.07) is 14.9. The molecular formula is C21H21ClN4O2. The first-order chi connectivity index (χ1) is 13.6. The second kappa shape index (κ2) is 9.19. The molecule has 0 aliphatic heterocycles. The zero-order chi connectivity index (χ0) is 19.9. The molecule has 0 unspecified atom stereocenters. The number of hydrogen-bond donors (Lipinski definition) is 2. The Hall–Kier alpha value is -3.12. The van der Waals surface area contributed by atoms with Gasteiger partial charge in [0.1, 0.15) is 23.6 Å². The number of ether oxygens (including phenoxy) is 1. The fourth-order valence-electron chi connectivity index (χ4n) is 2.63. The van der Waals surface area contributed by atoms with Gasteiger partial charge in [-0.25, -0.2) is 9.97 Å². The molecule has 0 saturated heterocycles. The largest absolute Gasteiger partial charge is 0.497 e. The molecule has 0 bridgehead atoms. The van der Waals surface area contributed by atoms with Gasteiger partial charge in [-0.05, 0) is 48.7 Å². The summed E-state index contributed by atoms with van der Waals surface area (Å²) < 4.78 is 5.14. The van der Waals surface area contributed by atoms with E-state index in [-0.39, 0.29) is 5.91 Å². The number of halogens is 1. The lowest BCUT2D eigenvalue weighted by atomic mass is 10.1. The van der Waals surface area contributed by atoms with Crippen molar-refractivity contribution in [3.63, 3.8) is 0 Å². The Labute approximate surface area is 168 Å². The Morgan fingerprint density at radius 3 is 2.68 bits per heavy atom. The van der Waals surface area contributed by atoms with Gasteiger partial charge >= 0.3 is 0 Å². The van der Waals surface area contributed by atoms with Gasteiger partial charge in [-0.15, -0.1) is 0 Å². The maximum Gasteiger partial charge on any atom is 0.270 e. The number of nitrogens with zero attached hydrogens (tertiary/aromatic N) is 2. The number of carbonyl (C=O) groups excluding carboxylic acids is 1. The highest BCUT2D eigenvalue weighted by Gasteiger charge is 2.10. The van der Waals surface area contributed by atoms with E-state index < -0.39 is 0 Å². The average Bonchev–Trinajstić information content (AvgIpc) is 2.72. The van der Waals surface area contributed by atoms with Crippen molar-refractivity contribution >= 4 is 29.0 Å². The van der Waals surface area contributed by atoms with E-state index in [0.717, 1.165) is 22.6 Å². The highest BCUT2D eigenvalue weighted by Crippen LogP contribution is 2.25. The molecule has 0 aliphatic rings. The Morgan fingerprint density at radius 2 is 1.93 bits per heavy atom. The molecule has 1 amide bonds. The minimum Gasteiger partial charge on any atom is -0.497 e. The molecule has 28 heavy (non-hydrogen) atoms. The van der Waals surface area contributed by atoms with Crippen molar-refractivity contribution in [2.45, 2.75) is 13.3 Å². The third kappa shape index (κ3) is 4.98. The third-order valence-corrected chi connectivity index (χ3v) is 4.70. The molecule has 3 rings (SSSR count). The molecule has 1 heterocycles. The van der Waals surface area contributed by atoms with Crippen LogP contribution in [0.5, 0.6) is 5.75 Å². The number of anilines is 2. The van der Waals surface area contributed by atoms with Crippen LogP contribution in [0.25, 0.3) is 0 Å². The summed E-state index contributed by atoms with van der Waals surface area (Å²) in [7, 11) is 1.63. The van der Waals surface area contributed by atoms with E-state index in [1.807, 2.05) is 49.4 Å². The molecule has 0 atom stereocenters. The van der Waals surface area contributed by atoms with Crippen molar-refractivity contribution < 1.29 is 9.53 Å². The van der Waals surface area contributed by atoms with Gasteiger partial charge in [0.25, 0.3) is 5.91 Å². The number of methoxy groups -OCH3 is 1. The first kappa shape index (κ1) is 19.6. The normalized spacial score (nSPS) is 10.4. The molecule has 6 nitrogen and oxygen atoms in total. The van der Waals surface area contributed by atoms with Crippen LogP contribution >= 0.6 is 11.6 Å². The first-order valence-electron chi connectivity index (χ1n) is 8.82. The van der Waals surface area contributed by atoms with E-state index in [1.54, 1.807) is 13.2 Å². The van der Waals surface area contributed by atoms with Crippen LogP contribution in [0.3, 0.4) is 0 Å². The van der Waals surface area contributed by atoms with Crippen LogP contribution < -0.4 is 15.4 Å². The molecule has 2 aromatic carbocycles. The molecule has 0 radical (unpaired) electrons. The van der Waals surface area contributed by atoms with Gasteiger partial charge in [0.05, 0.1) is 7.11 Å². The Balaban J connectivity index is 1.59. The van der Waals surface area contributed by atoms with Crippen molar-refractivity contribution in [2.75, 3.05) is 19.0 Å². The van der Waals surface area contributed by atoms with Crippen molar-refractivity contribution in [2.24, 2.45) is 0 Å². The predicted octanol–water partition coefficient (Wildman–Crippen LogP) is 4.16. The number of aromatic nitrogens is 2. The van der Waals surface area contributed by atoms with Crippen LogP contribution in [0.15, 0.2) is 54.9 Å². The Kier molecular flexibility index (Phi) is 6.45. The van der Waals surface area contributed by atoms with E-state index in [0.29, 0.717) is 29.5 Å². The summed E-state index contributed by atoms with van der Waals surface area (Å²) >= 11 is 6.14. The Morgan fingerprint density at radius 1 is 1.14 bits per heavy atom. The van der Waals surface area contributed by atoms with Gasteiger partial charge in [-0.3, -0.25) is 4.79 Å². The standard InChI is InChI=1S/C21H21ClN4O2/c1-14-17(22)4-3-5-18(14)26-20-12-19(24-13-25-20)21(27)23-11-10-15-6-8-16(28-2)9-7-15/h3-9,12-13H,10-11H2,1-2H3,(H,23,27)(H,24,25,26). The summed E-state index contributed by atoms with van der Waals surface area (Å²) in [4.78, 5) is 20.6. The smallest absolute Gasteiger partial charge is 0.270 e. The van der Waals surface area contributed by atoms with Gasteiger partial charge in [0.2, 0.25) is 0 Å². The fraction of sp³-hybridized carbons (Fsp3) is 0.190. The quantitative estimate of drug-likeness (QED) is 0.627. The van der Waals surface area contributed by atoms with Gasteiger partial charge in [0, 0.05) is 23.3 Å². The zero-order valence-corrected chi connectivity index (χ0v) is 16.5. The number of carbonyl (C=O) groups is 1. The molecule has 2 N–H and O–H groups in total. The monoisotopic (exact) mass is 396 g/mol. The van der Waals surface area contributed by atoms with Crippen LogP contribution in [0.4, 0.5) is 11.5 Å². The van der Waals surface area contributed by atoms with Crippen LogP contribution in [0, 0.1) is 6.92 Å². The molecule has 1 aromatic heterocycles. The second-order valence-corrected chi connectivity index (χ2v) is 6.59. The fourth-order valence-corrected chi connectivity index (χ4v) is 2.81. The number of nitrogens with one attached hydrogen (secondary N) is 2.